The van der Waals surface area contributed by atoms with Crippen LogP contribution in [0.1, 0.15) is 19.3 Å². The van der Waals surface area contributed by atoms with Gasteiger partial charge in [-0.3, -0.25) is 4.72 Å². The second-order valence-corrected chi connectivity index (χ2v) is 12.0. The Labute approximate surface area is 220 Å². The molecule has 36 heavy (non-hydrogen) atoms. The lowest BCUT2D eigenvalue weighted by molar-refractivity contribution is 0.360. The summed E-state index contributed by atoms with van der Waals surface area (Å²) >= 11 is 3.49. The van der Waals surface area contributed by atoms with E-state index < -0.39 is 10.0 Å². The summed E-state index contributed by atoms with van der Waals surface area (Å²) in [7, 11) is -1.21. The first-order valence-electron chi connectivity index (χ1n) is 12.1. The zero-order valence-electron chi connectivity index (χ0n) is 20.1. The summed E-state index contributed by atoms with van der Waals surface area (Å²) in [5.74, 6) is 0.955. The molecule has 11 heteroatoms. The molecule has 2 aromatic carbocycles. The molecular weight excluding hydrogens is 542 g/mol. The van der Waals surface area contributed by atoms with Crippen molar-refractivity contribution in [3.63, 3.8) is 0 Å². The van der Waals surface area contributed by atoms with Crippen molar-refractivity contribution in [1.29, 1.82) is 0 Å². The van der Waals surface area contributed by atoms with E-state index in [4.69, 9.17) is 0 Å². The Morgan fingerprint density at radius 1 is 0.944 bits per heavy atom. The molecule has 0 bridgehead atoms. The molecule has 190 valence electrons. The van der Waals surface area contributed by atoms with Gasteiger partial charge in [-0.15, -0.1) is 0 Å². The molecule has 3 aromatic rings. The minimum Gasteiger partial charge on any atom is -0.370 e. The highest BCUT2D eigenvalue weighted by atomic mass is 79.9. The number of likely N-dealkylation sites (N-methyl/N-ethyl adjacent to an activating group) is 1. The van der Waals surface area contributed by atoms with E-state index in [2.05, 4.69) is 70.2 Å². The van der Waals surface area contributed by atoms with Crippen molar-refractivity contribution in [3.05, 3.63) is 59.2 Å². The normalized spacial score (nSPS) is 16.9. The lowest BCUT2D eigenvalue weighted by Gasteiger charge is -2.23. The van der Waals surface area contributed by atoms with Gasteiger partial charge in [0.1, 0.15) is 5.82 Å². The minimum absolute atomic E-state index is 0.306. The van der Waals surface area contributed by atoms with Gasteiger partial charge < -0.3 is 20.4 Å². The summed E-state index contributed by atoms with van der Waals surface area (Å²) in [6.07, 6.45) is 4.22. The lowest BCUT2D eigenvalue weighted by Crippen LogP contribution is -2.28. The highest BCUT2D eigenvalue weighted by Crippen LogP contribution is 2.34. The van der Waals surface area contributed by atoms with Gasteiger partial charge in [0, 0.05) is 37.2 Å². The monoisotopic (exact) mass is 571 g/mol. The van der Waals surface area contributed by atoms with Crippen LogP contribution in [0.3, 0.4) is 0 Å². The minimum atomic E-state index is -3.38. The number of halogens is 1. The predicted molar refractivity (Wildman–Crippen MR) is 149 cm³/mol. The van der Waals surface area contributed by atoms with Gasteiger partial charge in [-0.1, -0.05) is 12.1 Å². The van der Waals surface area contributed by atoms with E-state index in [9.17, 15) is 8.42 Å². The maximum Gasteiger partial charge on any atom is 0.235 e. The second-order valence-electron chi connectivity index (χ2n) is 9.22. The molecule has 2 aliphatic rings. The van der Waals surface area contributed by atoms with Gasteiger partial charge in [-0.05, 0) is 85.2 Å². The van der Waals surface area contributed by atoms with Crippen LogP contribution in [0.25, 0.3) is 0 Å². The number of nitrogens with zero attached hydrogens (tertiary/aromatic N) is 4. The van der Waals surface area contributed by atoms with Crippen LogP contribution in [-0.2, 0) is 10.0 Å². The number of hydrogen-bond acceptors (Lipinski definition) is 8. The van der Waals surface area contributed by atoms with Crippen molar-refractivity contribution >= 4 is 60.5 Å². The lowest BCUT2D eigenvalue weighted by atomic mass is 10.2. The van der Waals surface area contributed by atoms with Crippen LogP contribution in [0.5, 0.6) is 0 Å². The fraction of sp³-hybridized carbons (Fsp3) is 0.360. The van der Waals surface area contributed by atoms with Crippen LogP contribution in [0.4, 0.5) is 34.5 Å². The van der Waals surface area contributed by atoms with Crippen molar-refractivity contribution < 1.29 is 8.42 Å². The third-order valence-electron chi connectivity index (χ3n) is 6.35. The van der Waals surface area contributed by atoms with Gasteiger partial charge in [0.25, 0.3) is 0 Å². The standard InChI is InChI=1S/C25H30BrN7O2S/c1-32-13-4-14-33(16-15-32)19-9-7-18(8-10-19)28-25-27-17-21(26)24(30-25)29-22-5-2-3-6-23(22)31-36(34,35)20-11-12-20/h2-3,5-10,17,20,31H,4,11-16H2,1H3,(H2,27,28,29,30). The van der Waals surface area contributed by atoms with Gasteiger partial charge in [0.2, 0.25) is 16.0 Å². The Kier molecular flexibility index (Phi) is 7.31. The molecule has 0 spiro atoms. The highest BCUT2D eigenvalue weighted by Gasteiger charge is 2.36. The molecule has 3 N–H and O–H groups in total. The van der Waals surface area contributed by atoms with Crippen LogP contribution in [0.15, 0.2) is 59.2 Å². The number of rotatable bonds is 8. The quantitative estimate of drug-likeness (QED) is 0.355. The molecule has 0 radical (unpaired) electrons. The predicted octanol–water partition coefficient (Wildman–Crippen LogP) is 4.77. The van der Waals surface area contributed by atoms with E-state index in [0.717, 1.165) is 38.3 Å². The van der Waals surface area contributed by atoms with Crippen molar-refractivity contribution in [1.82, 2.24) is 14.9 Å². The Morgan fingerprint density at radius 2 is 1.69 bits per heavy atom. The Bertz CT molecular complexity index is 1320. The summed E-state index contributed by atoms with van der Waals surface area (Å²) < 4.78 is 28.3. The summed E-state index contributed by atoms with van der Waals surface area (Å²) in [6.45, 7) is 4.27. The third kappa shape index (κ3) is 6.08. The van der Waals surface area contributed by atoms with Crippen LogP contribution in [-0.4, -0.2) is 61.8 Å². The van der Waals surface area contributed by atoms with Crippen molar-refractivity contribution in [2.45, 2.75) is 24.5 Å². The molecule has 0 atom stereocenters. The molecule has 2 fully saturated rings. The molecular formula is C25H30BrN7O2S. The molecule has 5 rings (SSSR count). The zero-order valence-corrected chi connectivity index (χ0v) is 22.5. The van der Waals surface area contributed by atoms with Gasteiger partial charge in [0.05, 0.1) is 21.1 Å². The fourth-order valence-corrected chi connectivity index (χ4v) is 5.83. The maximum atomic E-state index is 12.5. The average Bonchev–Trinajstić information content (AvgIpc) is 3.72. The zero-order chi connectivity index (χ0) is 25.1. The summed E-state index contributed by atoms with van der Waals surface area (Å²) in [5, 5.41) is 6.19. The van der Waals surface area contributed by atoms with Crippen LogP contribution < -0.4 is 20.3 Å². The highest BCUT2D eigenvalue weighted by molar-refractivity contribution is 9.10. The number of benzene rings is 2. The third-order valence-corrected chi connectivity index (χ3v) is 8.78. The largest absolute Gasteiger partial charge is 0.370 e. The maximum absolute atomic E-state index is 12.5. The molecule has 1 aromatic heterocycles. The molecule has 1 saturated carbocycles. The molecule has 1 saturated heterocycles. The van der Waals surface area contributed by atoms with Gasteiger partial charge in [-0.25, -0.2) is 13.4 Å². The van der Waals surface area contributed by atoms with Crippen LogP contribution in [0.2, 0.25) is 0 Å². The van der Waals surface area contributed by atoms with Crippen LogP contribution >= 0.6 is 15.9 Å². The van der Waals surface area contributed by atoms with Crippen molar-refractivity contribution in [2.75, 3.05) is 53.5 Å². The van der Waals surface area contributed by atoms with Gasteiger partial charge >= 0.3 is 0 Å². The Morgan fingerprint density at radius 3 is 2.44 bits per heavy atom. The van der Waals surface area contributed by atoms with E-state index in [1.54, 1.807) is 18.3 Å². The van der Waals surface area contributed by atoms with Gasteiger partial charge in [-0.2, -0.15) is 4.98 Å². The first kappa shape index (κ1) is 24.8. The number of nitrogens with one attached hydrogen (secondary N) is 3. The summed E-state index contributed by atoms with van der Waals surface area (Å²) in [4.78, 5) is 13.8. The molecule has 0 unspecified atom stereocenters. The summed E-state index contributed by atoms with van der Waals surface area (Å²) in [6, 6.07) is 15.5. The second kappa shape index (κ2) is 10.6. The van der Waals surface area contributed by atoms with Crippen LogP contribution in [0, 0.1) is 0 Å². The molecule has 1 aliphatic carbocycles. The molecule has 1 aliphatic heterocycles. The van der Waals surface area contributed by atoms with E-state index >= 15 is 0 Å². The fourth-order valence-electron chi connectivity index (χ4n) is 4.13. The Balaban J connectivity index is 1.29. The molecule has 2 heterocycles. The van der Waals surface area contributed by atoms with E-state index in [0.29, 0.717) is 40.5 Å². The van der Waals surface area contributed by atoms with Crippen molar-refractivity contribution in [3.8, 4) is 0 Å². The number of anilines is 6. The topological polar surface area (TPSA) is 102 Å². The number of hydrogen-bond donors (Lipinski definition) is 3. The van der Waals surface area contributed by atoms with Crippen molar-refractivity contribution in [2.24, 2.45) is 0 Å². The smallest absolute Gasteiger partial charge is 0.235 e. The first-order chi connectivity index (χ1) is 17.4. The molecule has 0 amide bonds. The SMILES string of the molecule is CN1CCCN(c2ccc(Nc3ncc(Br)c(Nc4ccccc4NS(=O)(=O)C4CC4)n3)cc2)CC1. The Hall–Kier alpha value is -2.89. The first-order valence-corrected chi connectivity index (χ1v) is 14.4. The van der Waals surface area contributed by atoms with Gasteiger partial charge in [0.15, 0.2) is 0 Å². The number of aromatic nitrogens is 2. The summed E-state index contributed by atoms with van der Waals surface area (Å²) in [5.41, 5.74) is 3.19. The van der Waals surface area contributed by atoms with E-state index in [1.165, 1.54) is 5.69 Å². The average molecular weight is 573 g/mol. The number of sulfonamides is 1. The number of para-hydroxylation sites is 2. The van der Waals surface area contributed by atoms with E-state index in [1.807, 2.05) is 24.3 Å². The van der Waals surface area contributed by atoms with E-state index in [-0.39, 0.29) is 5.25 Å². The molecule has 9 nitrogen and oxygen atoms in total.